The molecular weight excluding hydrogens is 201 g/mol. The Hall–Kier alpha value is -0.250. The molecule has 4 heteroatoms. The standard InChI is InChI=1S/C10H16FNOS/c11-8-5-9(8)12-10(13)6-1-3-7(14)4-2-6/h6-9,14H,1-5H2,(H,12,13). The Morgan fingerprint density at radius 2 is 1.86 bits per heavy atom. The number of carbonyl (C=O) groups excluding carboxylic acids is 1. The molecule has 2 aliphatic rings. The maximum absolute atomic E-state index is 12.5. The van der Waals surface area contributed by atoms with Crippen molar-refractivity contribution in [1.82, 2.24) is 5.32 Å². The van der Waals surface area contributed by atoms with Gasteiger partial charge in [-0.25, -0.2) is 4.39 Å². The van der Waals surface area contributed by atoms with E-state index in [9.17, 15) is 9.18 Å². The molecule has 2 nitrogen and oxygen atoms in total. The van der Waals surface area contributed by atoms with Gasteiger partial charge in [0.25, 0.3) is 0 Å². The first-order chi connectivity index (χ1) is 6.66. The topological polar surface area (TPSA) is 29.1 Å². The third kappa shape index (κ3) is 2.41. The molecule has 1 amide bonds. The quantitative estimate of drug-likeness (QED) is 0.677. The van der Waals surface area contributed by atoms with Crippen LogP contribution in [0.5, 0.6) is 0 Å². The summed E-state index contributed by atoms with van der Waals surface area (Å²) in [5.74, 6) is 0.154. The van der Waals surface area contributed by atoms with Crippen molar-refractivity contribution >= 4 is 18.5 Å². The van der Waals surface area contributed by atoms with Gasteiger partial charge < -0.3 is 5.32 Å². The van der Waals surface area contributed by atoms with Crippen LogP contribution in [0.2, 0.25) is 0 Å². The summed E-state index contributed by atoms with van der Waals surface area (Å²) in [6.45, 7) is 0. The molecule has 0 aromatic carbocycles. The van der Waals surface area contributed by atoms with Gasteiger partial charge in [-0.1, -0.05) is 0 Å². The lowest BCUT2D eigenvalue weighted by atomic mass is 9.88. The molecule has 0 bridgehead atoms. The van der Waals surface area contributed by atoms with E-state index in [2.05, 4.69) is 17.9 Å². The zero-order valence-electron chi connectivity index (χ0n) is 8.08. The second kappa shape index (κ2) is 4.09. The Morgan fingerprint density at radius 1 is 1.29 bits per heavy atom. The van der Waals surface area contributed by atoms with E-state index in [0.29, 0.717) is 11.7 Å². The van der Waals surface area contributed by atoms with Crippen LogP contribution >= 0.6 is 12.6 Å². The summed E-state index contributed by atoms with van der Waals surface area (Å²) in [5.41, 5.74) is 0. The maximum Gasteiger partial charge on any atom is 0.223 e. The molecule has 2 rings (SSSR count). The smallest absolute Gasteiger partial charge is 0.223 e. The van der Waals surface area contributed by atoms with Crippen LogP contribution in [0.25, 0.3) is 0 Å². The van der Waals surface area contributed by atoms with Crippen molar-refractivity contribution in [3.63, 3.8) is 0 Å². The molecule has 2 unspecified atom stereocenters. The van der Waals surface area contributed by atoms with Crippen molar-refractivity contribution in [3.8, 4) is 0 Å². The van der Waals surface area contributed by atoms with Crippen molar-refractivity contribution in [1.29, 1.82) is 0 Å². The summed E-state index contributed by atoms with van der Waals surface area (Å²) >= 11 is 4.38. The normalized spacial score (nSPS) is 41.9. The Kier molecular flexibility index (Phi) is 3.00. The highest BCUT2D eigenvalue weighted by Gasteiger charge is 2.40. The average molecular weight is 217 g/mol. The van der Waals surface area contributed by atoms with Crippen LogP contribution in [-0.4, -0.2) is 23.4 Å². The fourth-order valence-corrected chi connectivity index (χ4v) is 2.25. The lowest BCUT2D eigenvalue weighted by molar-refractivity contribution is -0.126. The number of halogens is 1. The van der Waals surface area contributed by atoms with E-state index in [1.165, 1.54) is 0 Å². The minimum absolute atomic E-state index is 0.0513. The first kappa shape index (κ1) is 10.3. The highest BCUT2D eigenvalue weighted by molar-refractivity contribution is 7.80. The second-order valence-electron chi connectivity index (χ2n) is 4.37. The minimum atomic E-state index is -0.792. The molecule has 0 saturated heterocycles. The summed E-state index contributed by atoms with van der Waals surface area (Å²) in [6.07, 6.45) is 3.54. The van der Waals surface area contributed by atoms with Crippen LogP contribution < -0.4 is 5.32 Å². The van der Waals surface area contributed by atoms with Crippen molar-refractivity contribution in [3.05, 3.63) is 0 Å². The molecular formula is C10H16FNOS. The van der Waals surface area contributed by atoms with Gasteiger partial charge in [-0.3, -0.25) is 4.79 Å². The number of nitrogens with one attached hydrogen (secondary N) is 1. The van der Waals surface area contributed by atoms with E-state index in [1.54, 1.807) is 0 Å². The molecule has 2 fully saturated rings. The molecule has 0 spiro atoms. The van der Waals surface area contributed by atoms with Crippen LogP contribution in [-0.2, 0) is 4.79 Å². The van der Waals surface area contributed by atoms with E-state index >= 15 is 0 Å². The van der Waals surface area contributed by atoms with Gasteiger partial charge in [0.05, 0.1) is 6.04 Å². The fraction of sp³-hybridized carbons (Fsp3) is 0.900. The summed E-state index contributed by atoms with van der Waals surface area (Å²) in [4.78, 5) is 11.6. The van der Waals surface area contributed by atoms with Gasteiger partial charge in [-0.2, -0.15) is 12.6 Å². The first-order valence-corrected chi connectivity index (χ1v) is 5.81. The SMILES string of the molecule is O=C(NC1CC1F)C1CCC(S)CC1. The van der Waals surface area contributed by atoms with Crippen LogP contribution in [0, 0.1) is 5.92 Å². The molecule has 0 heterocycles. The third-order valence-corrected chi connectivity index (χ3v) is 3.62. The largest absolute Gasteiger partial charge is 0.350 e. The third-order valence-electron chi connectivity index (χ3n) is 3.11. The number of hydrogen-bond donors (Lipinski definition) is 2. The molecule has 1 N–H and O–H groups in total. The van der Waals surface area contributed by atoms with Gasteiger partial charge in [-0.15, -0.1) is 0 Å². The first-order valence-electron chi connectivity index (χ1n) is 5.29. The monoisotopic (exact) mass is 217 g/mol. The predicted octanol–water partition coefficient (Wildman–Crippen LogP) is 1.70. The van der Waals surface area contributed by atoms with Crippen LogP contribution in [0.15, 0.2) is 0 Å². The summed E-state index contributed by atoms with van der Waals surface area (Å²) in [6, 6.07) is -0.184. The van der Waals surface area contributed by atoms with Crippen molar-refractivity contribution in [2.45, 2.75) is 49.6 Å². The van der Waals surface area contributed by atoms with Gasteiger partial charge in [0.15, 0.2) is 0 Å². The molecule has 0 aliphatic heterocycles. The minimum Gasteiger partial charge on any atom is -0.350 e. The van der Waals surface area contributed by atoms with Gasteiger partial charge >= 0.3 is 0 Å². The summed E-state index contributed by atoms with van der Waals surface area (Å²) in [7, 11) is 0. The highest BCUT2D eigenvalue weighted by Crippen LogP contribution is 2.30. The number of thiol groups is 1. The van der Waals surface area contributed by atoms with Crippen molar-refractivity contribution in [2.24, 2.45) is 5.92 Å². The zero-order chi connectivity index (χ0) is 10.1. The van der Waals surface area contributed by atoms with Gasteiger partial charge in [0.1, 0.15) is 6.17 Å². The van der Waals surface area contributed by atoms with Crippen LogP contribution in [0.4, 0.5) is 4.39 Å². The number of carbonyl (C=O) groups is 1. The van der Waals surface area contributed by atoms with Gasteiger partial charge in [-0.05, 0) is 25.7 Å². The lowest BCUT2D eigenvalue weighted by Gasteiger charge is -2.24. The Bertz CT molecular complexity index is 228. The van der Waals surface area contributed by atoms with Crippen LogP contribution in [0.3, 0.4) is 0 Å². The number of rotatable bonds is 2. The fourth-order valence-electron chi connectivity index (χ4n) is 1.95. The second-order valence-corrected chi connectivity index (χ2v) is 5.10. The molecule has 2 atom stereocenters. The van der Waals surface area contributed by atoms with E-state index in [-0.39, 0.29) is 17.9 Å². The molecule has 80 valence electrons. The molecule has 0 aromatic rings. The summed E-state index contributed by atoms with van der Waals surface area (Å²) < 4.78 is 12.5. The van der Waals surface area contributed by atoms with Gasteiger partial charge in [0.2, 0.25) is 5.91 Å². The Balaban J connectivity index is 1.74. The number of hydrogen-bond acceptors (Lipinski definition) is 2. The van der Waals surface area contributed by atoms with Crippen molar-refractivity contribution < 1.29 is 9.18 Å². The molecule has 14 heavy (non-hydrogen) atoms. The molecule has 0 aromatic heterocycles. The molecule has 0 radical (unpaired) electrons. The highest BCUT2D eigenvalue weighted by atomic mass is 32.1. The molecule has 2 aliphatic carbocycles. The number of amides is 1. The van der Waals surface area contributed by atoms with Crippen molar-refractivity contribution in [2.75, 3.05) is 0 Å². The number of alkyl halides is 1. The zero-order valence-corrected chi connectivity index (χ0v) is 8.97. The van der Waals surface area contributed by atoms with E-state index in [0.717, 1.165) is 25.7 Å². The average Bonchev–Trinajstić information content (AvgIpc) is 2.82. The predicted molar refractivity (Wildman–Crippen MR) is 56.2 cm³/mol. The maximum atomic E-state index is 12.5. The van der Waals surface area contributed by atoms with E-state index in [4.69, 9.17) is 0 Å². The lowest BCUT2D eigenvalue weighted by Crippen LogP contribution is -2.35. The van der Waals surface area contributed by atoms with E-state index in [1.807, 2.05) is 0 Å². The van der Waals surface area contributed by atoms with E-state index < -0.39 is 6.17 Å². The summed E-state index contributed by atoms with van der Waals surface area (Å²) in [5, 5.41) is 3.20. The Morgan fingerprint density at radius 3 is 2.36 bits per heavy atom. The van der Waals surface area contributed by atoms with Gasteiger partial charge in [0, 0.05) is 17.6 Å². The van der Waals surface area contributed by atoms with Crippen LogP contribution in [0.1, 0.15) is 32.1 Å². The Labute approximate surface area is 89.0 Å². The molecule has 2 saturated carbocycles.